The monoisotopic (exact) mass is 317 g/mol. The van der Waals surface area contributed by atoms with Gasteiger partial charge in [-0.3, -0.25) is 0 Å². The molecule has 1 rings (SSSR count). The number of rotatable bonds is 9. The lowest BCUT2D eigenvalue weighted by Crippen LogP contribution is -2.15. The van der Waals surface area contributed by atoms with Gasteiger partial charge in [-0.25, -0.2) is 0 Å². The molecule has 1 aromatic rings. The smallest absolute Gasteiger partial charge is 0.166 e. The Morgan fingerprint density at radius 1 is 1.30 bits per heavy atom. The van der Waals surface area contributed by atoms with E-state index >= 15 is 0 Å². The van der Waals surface area contributed by atoms with Crippen LogP contribution in [0.25, 0.3) is 0 Å². The summed E-state index contributed by atoms with van der Waals surface area (Å²) in [5.41, 5.74) is 2.35. The lowest BCUT2D eigenvalue weighted by atomic mass is 10.2. The van der Waals surface area contributed by atoms with Crippen molar-refractivity contribution in [2.75, 3.05) is 19.8 Å². The van der Waals surface area contributed by atoms with Crippen LogP contribution in [-0.4, -0.2) is 19.8 Å². The van der Waals surface area contributed by atoms with Gasteiger partial charge in [0.2, 0.25) is 0 Å². The van der Waals surface area contributed by atoms with Crippen molar-refractivity contribution in [2.24, 2.45) is 0 Å². The molecule has 0 unspecified atom stereocenters. The lowest BCUT2D eigenvalue weighted by Gasteiger charge is -2.16. The van der Waals surface area contributed by atoms with Crippen LogP contribution in [0.1, 0.15) is 25.8 Å². The molecule has 5 heteroatoms. The summed E-state index contributed by atoms with van der Waals surface area (Å²) < 4.78 is 11.4. The van der Waals surface area contributed by atoms with Gasteiger partial charge in [0.05, 0.1) is 11.6 Å². The predicted octanol–water partition coefficient (Wildman–Crippen LogP) is 4.28. The molecule has 0 heterocycles. The second kappa shape index (κ2) is 9.92. The van der Waals surface area contributed by atoms with Gasteiger partial charge in [0.1, 0.15) is 6.61 Å². The van der Waals surface area contributed by atoms with E-state index in [0.29, 0.717) is 11.6 Å². The summed E-state index contributed by atoms with van der Waals surface area (Å²) in [6.07, 6.45) is 1.09. The highest BCUT2D eigenvalue weighted by Crippen LogP contribution is 2.32. The fourth-order valence-electron chi connectivity index (χ4n) is 1.71. The van der Waals surface area contributed by atoms with Crippen LogP contribution in [0.3, 0.4) is 0 Å². The maximum absolute atomic E-state index is 5.87. The van der Waals surface area contributed by atoms with Gasteiger partial charge in [0, 0.05) is 17.6 Å². The zero-order chi connectivity index (χ0) is 14.8. The molecule has 0 amide bonds. The third-order valence-electron chi connectivity index (χ3n) is 2.58. The standard InChI is InChI=1S/C15H21Cl2NO2/c1-3-8-18-10-12-6-5-7-14(19-4-2)15(12)20-11-13(17)9-16/h5-7,9,18H,3-4,8,10-11H2,1-2H3. The molecule has 0 aliphatic carbocycles. The molecule has 0 bridgehead atoms. The Morgan fingerprint density at radius 2 is 2.10 bits per heavy atom. The summed E-state index contributed by atoms with van der Waals surface area (Å²) in [5.74, 6) is 1.44. The summed E-state index contributed by atoms with van der Waals surface area (Å²) in [6, 6.07) is 5.86. The van der Waals surface area contributed by atoms with Crippen molar-refractivity contribution in [3.05, 3.63) is 34.3 Å². The molecule has 0 saturated carbocycles. The normalized spacial score (nSPS) is 11.5. The van der Waals surface area contributed by atoms with Gasteiger partial charge in [-0.15, -0.1) is 0 Å². The second-order valence-electron chi connectivity index (χ2n) is 4.20. The van der Waals surface area contributed by atoms with E-state index in [2.05, 4.69) is 12.2 Å². The first-order valence-corrected chi connectivity index (χ1v) is 7.57. The molecule has 1 N–H and O–H groups in total. The molecule has 0 spiro atoms. The van der Waals surface area contributed by atoms with E-state index < -0.39 is 0 Å². The number of benzene rings is 1. The molecule has 0 aliphatic heterocycles. The van der Waals surface area contributed by atoms with Crippen LogP contribution in [0.2, 0.25) is 0 Å². The third kappa shape index (κ3) is 5.61. The number of nitrogens with one attached hydrogen (secondary N) is 1. The van der Waals surface area contributed by atoms with E-state index in [4.69, 9.17) is 32.7 Å². The van der Waals surface area contributed by atoms with Crippen molar-refractivity contribution < 1.29 is 9.47 Å². The Morgan fingerprint density at radius 3 is 2.75 bits per heavy atom. The molecule has 0 atom stereocenters. The molecule has 20 heavy (non-hydrogen) atoms. The van der Waals surface area contributed by atoms with E-state index in [1.807, 2.05) is 25.1 Å². The van der Waals surface area contributed by atoms with E-state index in [1.165, 1.54) is 5.54 Å². The van der Waals surface area contributed by atoms with Crippen molar-refractivity contribution in [1.29, 1.82) is 0 Å². The number of hydrogen-bond acceptors (Lipinski definition) is 3. The van der Waals surface area contributed by atoms with Crippen LogP contribution in [-0.2, 0) is 6.54 Å². The quantitative estimate of drug-likeness (QED) is 0.689. The maximum Gasteiger partial charge on any atom is 0.166 e. The molecule has 0 radical (unpaired) electrons. The van der Waals surface area contributed by atoms with Crippen LogP contribution in [0.5, 0.6) is 11.5 Å². The predicted molar refractivity (Wildman–Crippen MR) is 84.9 cm³/mol. The molecular formula is C15H21Cl2NO2. The summed E-state index contributed by atoms with van der Waals surface area (Å²) >= 11 is 11.4. The zero-order valence-corrected chi connectivity index (χ0v) is 13.4. The van der Waals surface area contributed by atoms with E-state index in [0.717, 1.165) is 36.6 Å². The molecule has 0 aromatic heterocycles. The molecule has 112 valence electrons. The highest BCUT2D eigenvalue weighted by Gasteiger charge is 2.11. The Labute approximate surface area is 130 Å². The van der Waals surface area contributed by atoms with Crippen molar-refractivity contribution in [1.82, 2.24) is 5.32 Å². The SMILES string of the molecule is CCCNCc1cccc(OCC)c1OCC(Cl)=CCl. The van der Waals surface area contributed by atoms with Gasteiger partial charge >= 0.3 is 0 Å². The number of halogens is 2. The van der Waals surface area contributed by atoms with Gasteiger partial charge in [-0.1, -0.05) is 42.3 Å². The van der Waals surface area contributed by atoms with E-state index in [-0.39, 0.29) is 6.61 Å². The molecular weight excluding hydrogens is 297 g/mol. The van der Waals surface area contributed by atoms with Gasteiger partial charge < -0.3 is 14.8 Å². The molecule has 1 aromatic carbocycles. The minimum Gasteiger partial charge on any atom is -0.490 e. The number of ether oxygens (including phenoxy) is 2. The number of para-hydroxylation sites is 1. The van der Waals surface area contributed by atoms with Crippen LogP contribution in [0.4, 0.5) is 0 Å². The van der Waals surface area contributed by atoms with Crippen molar-refractivity contribution in [3.8, 4) is 11.5 Å². The Balaban J connectivity index is 2.87. The molecule has 0 saturated heterocycles. The van der Waals surface area contributed by atoms with Crippen LogP contribution in [0.15, 0.2) is 28.8 Å². The van der Waals surface area contributed by atoms with E-state index in [1.54, 1.807) is 0 Å². The zero-order valence-electron chi connectivity index (χ0n) is 11.9. The highest BCUT2D eigenvalue weighted by molar-refractivity contribution is 6.36. The lowest BCUT2D eigenvalue weighted by molar-refractivity contribution is 0.292. The fraction of sp³-hybridized carbons (Fsp3) is 0.467. The first-order chi connectivity index (χ1) is 9.72. The van der Waals surface area contributed by atoms with Crippen molar-refractivity contribution >= 4 is 23.2 Å². The van der Waals surface area contributed by atoms with Crippen LogP contribution in [0, 0.1) is 0 Å². The fourth-order valence-corrected chi connectivity index (χ4v) is 1.82. The van der Waals surface area contributed by atoms with Crippen molar-refractivity contribution in [3.63, 3.8) is 0 Å². The Bertz CT molecular complexity index is 436. The average molecular weight is 318 g/mol. The minimum atomic E-state index is 0.232. The molecule has 3 nitrogen and oxygen atoms in total. The van der Waals surface area contributed by atoms with Crippen molar-refractivity contribution in [2.45, 2.75) is 26.8 Å². The van der Waals surface area contributed by atoms with Gasteiger partial charge in [0.25, 0.3) is 0 Å². The minimum absolute atomic E-state index is 0.232. The summed E-state index contributed by atoms with van der Waals surface area (Å²) in [6.45, 7) is 6.58. The first-order valence-electron chi connectivity index (χ1n) is 6.75. The van der Waals surface area contributed by atoms with Gasteiger partial charge in [0.15, 0.2) is 11.5 Å². The first kappa shape index (κ1) is 17.2. The van der Waals surface area contributed by atoms with Crippen LogP contribution < -0.4 is 14.8 Å². The molecule has 0 aliphatic rings. The summed E-state index contributed by atoms with van der Waals surface area (Å²) in [4.78, 5) is 0. The van der Waals surface area contributed by atoms with Gasteiger partial charge in [-0.05, 0) is 26.0 Å². The average Bonchev–Trinajstić information content (AvgIpc) is 2.46. The Kier molecular flexibility index (Phi) is 8.51. The third-order valence-corrected chi connectivity index (χ3v) is 3.17. The number of hydrogen-bond donors (Lipinski definition) is 1. The topological polar surface area (TPSA) is 30.5 Å². The van der Waals surface area contributed by atoms with Crippen LogP contribution >= 0.6 is 23.2 Å². The summed E-state index contributed by atoms with van der Waals surface area (Å²) in [7, 11) is 0. The highest BCUT2D eigenvalue weighted by atomic mass is 35.5. The largest absolute Gasteiger partial charge is 0.490 e. The van der Waals surface area contributed by atoms with Gasteiger partial charge in [-0.2, -0.15) is 0 Å². The molecule has 0 fully saturated rings. The summed E-state index contributed by atoms with van der Waals surface area (Å²) in [5, 5.41) is 3.80. The maximum atomic E-state index is 5.87. The van der Waals surface area contributed by atoms with E-state index in [9.17, 15) is 0 Å². The Hall–Kier alpha value is -0.900. The second-order valence-corrected chi connectivity index (χ2v) is 4.90.